The number of halogens is 1. The summed E-state index contributed by atoms with van der Waals surface area (Å²) in [4.78, 5) is 11.4. The molecule has 4 nitrogen and oxygen atoms in total. The zero-order valence-electron chi connectivity index (χ0n) is 9.89. The highest BCUT2D eigenvalue weighted by atomic mass is 35.5. The van der Waals surface area contributed by atoms with E-state index < -0.39 is 0 Å². The van der Waals surface area contributed by atoms with E-state index in [0.29, 0.717) is 5.75 Å². The van der Waals surface area contributed by atoms with Gasteiger partial charge in [-0.1, -0.05) is 59.5 Å². The fourth-order valence-corrected chi connectivity index (χ4v) is 3.79. The molecule has 1 N–H and O–H groups in total. The average molecular weight is 324 g/mol. The standard InChI is InChI=1S/C10H14ClN3OS3/c1-2-5-12-8(15)7-17-10-14-13-9(18-10)16-6-3-4-11/h3-4H,2,5-7H2,1H3,(H,12,15)/b4-3+. The normalized spacial score (nSPS) is 11.0. The van der Waals surface area contributed by atoms with Gasteiger partial charge in [-0.3, -0.25) is 4.79 Å². The molecule has 100 valence electrons. The summed E-state index contributed by atoms with van der Waals surface area (Å²) < 4.78 is 1.71. The fraction of sp³-hybridized carbons (Fsp3) is 0.500. The summed E-state index contributed by atoms with van der Waals surface area (Å²) in [5, 5.41) is 10.9. The molecule has 0 spiro atoms. The number of carbonyl (C=O) groups is 1. The number of hydrogen-bond donors (Lipinski definition) is 1. The second-order valence-corrected chi connectivity index (χ2v) is 6.86. The molecule has 0 saturated carbocycles. The Hall–Kier alpha value is -0.240. The Kier molecular flexibility index (Phi) is 8.49. The van der Waals surface area contributed by atoms with Crippen LogP contribution in [-0.2, 0) is 4.79 Å². The van der Waals surface area contributed by atoms with Crippen molar-refractivity contribution >= 4 is 52.4 Å². The van der Waals surface area contributed by atoms with Gasteiger partial charge in [-0.05, 0) is 6.42 Å². The van der Waals surface area contributed by atoms with Crippen LogP contribution in [0.25, 0.3) is 0 Å². The molecule has 1 rings (SSSR count). The van der Waals surface area contributed by atoms with Crippen LogP contribution in [0.2, 0.25) is 0 Å². The molecule has 0 bridgehead atoms. The Morgan fingerprint density at radius 1 is 1.44 bits per heavy atom. The largest absolute Gasteiger partial charge is 0.355 e. The highest BCUT2D eigenvalue weighted by Crippen LogP contribution is 2.28. The van der Waals surface area contributed by atoms with Crippen LogP contribution in [0.3, 0.4) is 0 Å². The molecule has 0 fully saturated rings. The van der Waals surface area contributed by atoms with E-state index in [2.05, 4.69) is 15.5 Å². The summed E-state index contributed by atoms with van der Waals surface area (Å²) in [6.07, 6.45) is 2.79. The summed E-state index contributed by atoms with van der Waals surface area (Å²) in [5.41, 5.74) is 1.49. The lowest BCUT2D eigenvalue weighted by Gasteiger charge is -2.00. The Labute approximate surface area is 124 Å². The third-order valence-corrected chi connectivity index (χ3v) is 5.00. The number of thioether (sulfide) groups is 2. The molecule has 0 aliphatic heterocycles. The van der Waals surface area contributed by atoms with Crippen molar-refractivity contribution in [3.05, 3.63) is 11.6 Å². The number of nitrogens with zero attached hydrogens (tertiary/aromatic N) is 2. The van der Waals surface area contributed by atoms with Crippen LogP contribution in [0.1, 0.15) is 13.3 Å². The van der Waals surface area contributed by atoms with Gasteiger partial charge in [-0.2, -0.15) is 0 Å². The molecular weight excluding hydrogens is 310 g/mol. The topological polar surface area (TPSA) is 54.9 Å². The smallest absolute Gasteiger partial charge is 0.230 e. The number of carbonyl (C=O) groups excluding carboxylic acids is 1. The van der Waals surface area contributed by atoms with Crippen molar-refractivity contribution in [2.45, 2.75) is 22.0 Å². The minimum absolute atomic E-state index is 0.0383. The van der Waals surface area contributed by atoms with Crippen LogP contribution in [0.15, 0.2) is 20.3 Å². The zero-order valence-corrected chi connectivity index (χ0v) is 13.1. The van der Waals surface area contributed by atoms with Gasteiger partial charge in [0.05, 0.1) is 5.75 Å². The molecule has 0 radical (unpaired) electrons. The van der Waals surface area contributed by atoms with Crippen LogP contribution < -0.4 is 5.32 Å². The van der Waals surface area contributed by atoms with E-state index in [9.17, 15) is 4.79 Å². The van der Waals surface area contributed by atoms with E-state index in [1.807, 2.05) is 13.0 Å². The molecule has 1 aromatic heterocycles. The van der Waals surface area contributed by atoms with Gasteiger partial charge in [0, 0.05) is 17.8 Å². The van der Waals surface area contributed by atoms with Gasteiger partial charge in [0.15, 0.2) is 8.68 Å². The van der Waals surface area contributed by atoms with E-state index in [-0.39, 0.29) is 5.91 Å². The molecule has 1 amide bonds. The number of aromatic nitrogens is 2. The third-order valence-electron chi connectivity index (χ3n) is 1.68. The van der Waals surface area contributed by atoms with Crippen LogP contribution in [0.5, 0.6) is 0 Å². The van der Waals surface area contributed by atoms with Crippen molar-refractivity contribution < 1.29 is 4.79 Å². The molecule has 8 heteroatoms. The van der Waals surface area contributed by atoms with Crippen LogP contribution >= 0.6 is 46.5 Å². The minimum Gasteiger partial charge on any atom is -0.355 e. The summed E-state index contributed by atoms with van der Waals surface area (Å²) in [5.74, 6) is 1.21. The van der Waals surface area contributed by atoms with E-state index in [0.717, 1.165) is 27.4 Å². The number of amides is 1. The van der Waals surface area contributed by atoms with Gasteiger partial charge in [-0.15, -0.1) is 10.2 Å². The monoisotopic (exact) mass is 323 g/mol. The Morgan fingerprint density at radius 3 is 2.83 bits per heavy atom. The van der Waals surface area contributed by atoms with Crippen molar-refractivity contribution in [3.8, 4) is 0 Å². The fourth-order valence-electron chi connectivity index (χ4n) is 0.912. The van der Waals surface area contributed by atoms with E-state index in [4.69, 9.17) is 11.6 Å². The van der Waals surface area contributed by atoms with Crippen molar-refractivity contribution in [3.63, 3.8) is 0 Å². The van der Waals surface area contributed by atoms with Gasteiger partial charge >= 0.3 is 0 Å². The Morgan fingerprint density at radius 2 is 2.17 bits per heavy atom. The van der Waals surface area contributed by atoms with Gasteiger partial charge < -0.3 is 5.32 Å². The first-order chi connectivity index (χ1) is 8.76. The molecule has 18 heavy (non-hydrogen) atoms. The molecule has 0 aliphatic carbocycles. The predicted octanol–water partition coefficient (Wildman–Crippen LogP) is 3.00. The Balaban J connectivity index is 2.28. The Bertz CT molecular complexity index is 397. The summed E-state index contributed by atoms with van der Waals surface area (Å²) in [6.45, 7) is 2.75. The second kappa shape index (κ2) is 9.66. The quantitative estimate of drug-likeness (QED) is 0.745. The highest BCUT2D eigenvalue weighted by molar-refractivity contribution is 8.03. The molecule has 0 aliphatic rings. The first-order valence-electron chi connectivity index (χ1n) is 5.37. The lowest BCUT2D eigenvalue weighted by Crippen LogP contribution is -2.25. The zero-order chi connectivity index (χ0) is 13.2. The third kappa shape index (κ3) is 6.63. The molecule has 0 saturated heterocycles. The number of rotatable bonds is 8. The first kappa shape index (κ1) is 15.8. The van der Waals surface area contributed by atoms with Gasteiger partial charge in [0.1, 0.15) is 0 Å². The van der Waals surface area contributed by atoms with E-state index in [1.165, 1.54) is 28.6 Å². The first-order valence-corrected chi connectivity index (χ1v) is 8.59. The van der Waals surface area contributed by atoms with Gasteiger partial charge in [-0.25, -0.2) is 0 Å². The average Bonchev–Trinajstić information content (AvgIpc) is 2.82. The van der Waals surface area contributed by atoms with Crippen molar-refractivity contribution in [2.24, 2.45) is 0 Å². The van der Waals surface area contributed by atoms with Crippen molar-refractivity contribution in [1.82, 2.24) is 15.5 Å². The lowest BCUT2D eigenvalue weighted by atomic mass is 10.5. The molecule has 1 heterocycles. The summed E-state index contributed by atoms with van der Waals surface area (Å²) in [6, 6.07) is 0. The number of nitrogens with one attached hydrogen (secondary N) is 1. The molecule has 0 atom stereocenters. The second-order valence-electron chi connectivity index (χ2n) is 3.15. The molecular formula is C10H14ClN3OS3. The number of hydrogen-bond acceptors (Lipinski definition) is 6. The maximum absolute atomic E-state index is 11.4. The van der Waals surface area contributed by atoms with Crippen LogP contribution in [0, 0.1) is 0 Å². The molecule has 0 aromatic carbocycles. The highest BCUT2D eigenvalue weighted by Gasteiger charge is 2.07. The van der Waals surface area contributed by atoms with Crippen LogP contribution in [0.4, 0.5) is 0 Å². The minimum atomic E-state index is 0.0383. The summed E-state index contributed by atoms with van der Waals surface area (Å²) >= 11 is 9.91. The maximum atomic E-state index is 11.4. The lowest BCUT2D eigenvalue weighted by molar-refractivity contribution is -0.118. The molecule has 0 unspecified atom stereocenters. The summed E-state index contributed by atoms with van der Waals surface area (Å²) in [7, 11) is 0. The molecule has 1 aromatic rings. The van der Waals surface area contributed by atoms with E-state index >= 15 is 0 Å². The van der Waals surface area contributed by atoms with Gasteiger partial charge in [0.25, 0.3) is 0 Å². The van der Waals surface area contributed by atoms with Crippen molar-refractivity contribution in [2.75, 3.05) is 18.1 Å². The van der Waals surface area contributed by atoms with E-state index in [1.54, 1.807) is 11.8 Å². The maximum Gasteiger partial charge on any atom is 0.230 e. The SMILES string of the molecule is CCCNC(=O)CSc1nnc(SC/C=C/Cl)s1. The van der Waals surface area contributed by atoms with Crippen molar-refractivity contribution in [1.29, 1.82) is 0 Å². The van der Waals surface area contributed by atoms with Gasteiger partial charge in [0.2, 0.25) is 5.91 Å². The van der Waals surface area contributed by atoms with Crippen LogP contribution in [-0.4, -0.2) is 34.2 Å². The predicted molar refractivity (Wildman–Crippen MR) is 79.7 cm³/mol.